The van der Waals surface area contributed by atoms with Crippen molar-refractivity contribution >= 4 is 23.2 Å². The van der Waals surface area contributed by atoms with Gasteiger partial charge in [0.15, 0.2) is 0 Å². The number of imidazole rings is 1. The summed E-state index contributed by atoms with van der Waals surface area (Å²) in [4.78, 5) is 7.69. The van der Waals surface area contributed by atoms with Crippen LogP contribution in [0.4, 0.5) is 0 Å². The topological polar surface area (TPSA) is 28.7 Å². The molecular formula is C12H10Cl2N2. The van der Waals surface area contributed by atoms with Crippen LogP contribution in [0.5, 0.6) is 0 Å². The van der Waals surface area contributed by atoms with Gasteiger partial charge in [0, 0.05) is 23.4 Å². The molecule has 0 atom stereocenters. The number of nitrogens with zero attached hydrogens (tertiary/aromatic N) is 1. The maximum Gasteiger partial charge on any atom is 0.137 e. The highest BCUT2D eigenvalue weighted by Gasteiger charge is 2.25. The molecule has 0 aliphatic heterocycles. The van der Waals surface area contributed by atoms with E-state index in [-0.39, 0.29) is 0 Å². The number of hydrogen-bond donors (Lipinski definition) is 1. The predicted molar refractivity (Wildman–Crippen MR) is 66.0 cm³/mol. The molecule has 3 rings (SSSR count). The normalized spacial score (nSPS) is 15.4. The van der Waals surface area contributed by atoms with Gasteiger partial charge < -0.3 is 4.98 Å². The second-order valence-corrected chi connectivity index (χ2v) is 4.90. The molecule has 1 saturated carbocycles. The molecule has 1 aromatic heterocycles. The van der Waals surface area contributed by atoms with Gasteiger partial charge in [-0.15, -0.1) is 0 Å². The molecule has 1 fully saturated rings. The van der Waals surface area contributed by atoms with Crippen molar-refractivity contribution in [2.75, 3.05) is 0 Å². The van der Waals surface area contributed by atoms with Crippen LogP contribution in [0, 0.1) is 0 Å². The summed E-state index contributed by atoms with van der Waals surface area (Å²) in [5, 5.41) is 1.13. The molecule has 0 radical (unpaired) electrons. The van der Waals surface area contributed by atoms with E-state index >= 15 is 0 Å². The van der Waals surface area contributed by atoms with E-state index in [1.165, 1.54) is 18.5 Å². The molecular weight excluding hydrogens is 243 g/mol. The van der Waals surface area contributed by atoms with Gasteiger partial charge in [-0.3, -0.25) is 0 Å². The molecule has 1 heterocycles. The number of aromatic amines is 1. The van der Waals surface area contributed by atoms with Crippen molar-refractivity contribution in [3.8, 4) is 11.4 Å². The largest absolute Gasteiger partial charge is 0.342 e. The third-order valence-electron chi connectivity index (χ3n) is 2.81. The lowest BCUT2D eigenvalue weighted by molar-refractivity contribution is 1.05. The van der Waals surface area contributed by atoms with Crippen LogP contribution >= 0.6 is 23.2 Å². The summed E-state index contributed by atoms with van der Waals surface area (Å²) in [5.41, 5.74) is 2.20. The first-order valence-electron chi connectivity index (χ1n) is 5.24. The van der Waals surface area contributed by atoms with Gasteiger partial charge in [0.25, 0.3) is 0 Å². The van der Waals surface area contributed by atoms with Crippen LogP contribution in [-0.4, -0.2) is 9.97 Å². The maximum atomic E-state index is 5.97. The summed E-state index contributed by atoms with van der Waals surface area (Å²) in [5.74, 6) is 1.55. The van der Waals surface area contributed by atoms with Crippen LogP contribution in [0.15, 0.2) is 24.4 Å². The van der Waals surface area contributed by atoms with E-state index in [2.05, 4.69) is 9.97 Å². The van der Waals surface area contributed by atoms with Crippen molar-refractivity contribution in [3.05, 3.63) is 40.1 Å². The smallest absolute Gasteiger partial charge is 0.137 e. The monoisotopic (exact) mass is 252 g/mol. The molecule has 2 aromatic rings. The molecule has 1 aromatic carbocycles. The quantitative estimate of drug-likeness (QED) is 0.850. The Morgan fingerprint density at radius 1 is 1.19 bits per heavy atom. The van der Waals surface area contributed by atoms with Crippen molar-refractivity contribution < 1.29 is 0 Å². The first-order valence-corrected chi connectivity index (χ1v) is 6.00. The Labute approximate surface area is 104 Å². The predicted octanol–water partition coefficient (Wildman–Crippen LogP) is 4.26. The average molecular weight is 253 g/mol. The van der Waals surface area contributed by atoms with E-state index in [4.69, 9.17) is 23.2 Å². The number of rotatable bonds is 2. The zero-order valence-corrected chi connectivity index (χ0v) is 10.0. The fourth-order valence-electron chi connectivity index (χ4n) is 1.73. The van der Waals surface area contributed by atoms with E-state index in [9.17, 15) is 0 Å². The zero-order valence-electron chi connectivity index (χ0n) is 8.50. The standard InChI is InChI=1S/C12H10Cl2N2/c13-9-4-3-8(5-10(9)14)12-15-6-11(16-12)7-1-2-7/h3-7H,1-2H2,(H,15,16). The summed E-state index contributed by atoms with van der Waals surface area (Å²) < 4.78 is 0. The van der Waals surface area contributed by atoms with Gasteiger partial charge in [0.05, 0.1) is 10.0 Å². The minimum Gasteiger partial charge on any atom is -0.342 e. The molecule has 2 nitrogen and oxygen atoms in total. The zero-order chi connectivity index (χ0) is 11.1. The molecule has 16 heavy (non-hydrogen) atoms. The van der Waals surface area contributed by atoms with Crippen molar-refractivity contribution in [1.29, 1.82) is 0 Å². The van der Waals surface area contributed by atoms with Gasteiger partial charge in [-0.25, -0.2) is 4.98 Å². The summed E-state index contributed by atoms with van der Waals surface area (Å²) in [6.45, 7) is 0. The van der Waals surface area contributed by atoms with Crippen LogP contribution in [-0.2, 0) is 0 Å². The lowest BCUT2D eigenvalue weighted by atomic mass is 10.2. The Hall–Kier alpha value is -0.990. The summed E-state index contributed by atoms with van der Waals surface area (Å²) in [7, 11) is 0. The molecule has 4 heteroatoms. The van der Waals surface area contributed by atoms with E-state index in [1.807, 2.05) is 18.3 Å². The SMILES string of the molecule is Clc1ccc(-c2ncc(C3CC3)[nH]2)cc1Cl. The first kappa shape index (κ1) is 10.2. The molecule has 1 N–H and O–H groups in total. The molecule has 0 saturated heterocycles. The molecule has 0 spiro atoms. The summed E-state index contributed by atoms with van der Waals surface area (Å²) in [6.07, 6.45) is 4.45. The Kier molecular flexibility index (Phi) is 2.41. The lowest BCUT2D eigenvalue weighted by Gasteiger charge is -1.99. The fourth-order valence-corrected chi connectivity index (χ4v) is 2.03. The summed E-state index contributed by atoms with van der Waals surface area (Å²) in [6, 6.07) is 5.54. The van der Waals surface area contributed by atoms with Gasteiger partial charge in [-0.2, -0.15) is 0 Å². The molecule has 1 aliphatic rings. The number of halogens is 2. The van der Waals surface area contributed by atoms with Gasteiger partial charge in [0.1, 0.15) is 5.82 Å². The molecule has 0 amide bonds. The van der Waals surface area contributed by atoms with E-state index < -0.39 is 0 Å². The number of aromatic nitrogens is 2. The lowest BCUT2D eigenvalue weighted by Crippen LogP contribution is -1.82. The van der Waals surface area contributed by atoms with Crippen LogP contribution in [0.2, 0.25) is 10.0 Å². The van der Waals surface area contributed by atoms with Crippen LogP contribution in [0.25, 0.3) is 11.4 Å². The summed E-state index contributed by atoms with van der Waals surface area (Å²) >= 11 is 11.8. The number of hydrogen-bond acceptors (Lipinski definition) is 1. The van der Waals surface area contributed by atoms with Crippen molar-refractivity contribution in [2.24, 2.45) is 0 Å². The van der Waals surface area contributed by atoms with Gasteiger partial charge in [-0.1, -0.05) is 23.2 Å². The van der Waals surface area contributed by atoms with E-state index in [0.29, 0.717) is 16.0 Å². The fraction of sp³-hybridized carbons (Fsp3) is 0.250. The third kappa shape index (κ3) is 1.83. The maximum absolute atomic E-state index is 5.97. The van der Waals surface area contributed by atoms with Gasteiger partial charge in [0.2, 0.25) is 0 Å². The number of nitrogens with one attached hydrogen (secondary N) is 1. The highest BCUT2D eigenvalue weighted by molar-refractivity contribution is 6.42. The highest BCUT2D eigenvalue weighted by atomic mass is 35.5. The van der Waals surface area contributed by atoms with Crippen LogP contribution < -0.4 is 0 Å². The van der Waals surface area contributed by atoms with Crippen molar-refractivity contribution in [1.82, 2.24) is 9.97 Å². The van der Waals surface area contributed by atoms with Crippen LogP contribution in [0.3, 0.4) is 0 Å². The highest BCUT2D eigenvalue weighted by Crippen LogP contribution is 2.39. The van der Waals surface area contributed by atoms with Crippen molar-refractivity contribution in [3.63, 3.8) is 0 Å². The Balaban J connectivity index is 1.97. The second-order valence-electron chi connectivity index (χ2n) is 4.09. The Bertz CT molecular complexity index is 530. The van der Waals surface area contributed by atoms with Crippen molar-refractivity contribution in [2.45, 2.75) is 18.8 Å². The molecule has 0 bridgehead atoms. The Morgan fingerprint density at radius 3 is 2.69 bits per heavy atom. The number of H-pyrrole nitrogens is 1. The van der Waals surface area contributed by atoms with Gasteiger partial charge >= 0.3 is 0 Å². The molecule has 82 valence electrons. The van der Waals surface area contributed by atoms with Gasteiger partial charge in [-0.05, 0) is 31.0 Å². The number of benzene rings is 1. The van der Waals surface area contributed by atoms with E-state index in [0.717, 1.165) is 11.4 Å². The Morgan fingerprint density at radius 2 is 2.00 bits per heavy atom. The minimum absolute atomic E-state index is 0.559. The van der Waals surface area contributed by atoms with E-state index in [1.54, 1.807) is 6.07 Å². The minimum atomic E-state index is 0.559. The average Bonchev–Trinajstić information content (AvgIpc) is 3.01. The van der Waals surface area contributed by atoms with Crippen LogP contribution in [0.1, 0.15) is 24.5 Å². The first-order chi connectivity index (χ1) is 7.74. The molecule has 0 unspecified atom stereocenters. The molecule has 1 aliphatic carbocycles. The second kappa shape index (κ2) is 3.79. The third-order valence-corrected chi connectivity index (χ3v) is 3.54.